The Hall–Kier alpha value is -2.87. The van der Waals surface area contributed by atoms with Crippen molar-refractivity contribution in [2.75, 3.05) is 0 Å². The molecule has 4 heterocycles. The molecule has 134 valence electrons. The number of hydrogen-bond acceptors (Lipinski definition) is 5. The van der Waals surface area contributed by atoms with E-state index in [9.17, 15) is 9.59 Å². The SMILES string of the molecule is C[C@H](CCc1ccco1)NC(=O)Cn1ncn2c(cc3ccsc32)c1=O. The van der Waals surface area contributed by atoms with Crippen molar-refractivity contribution in [3.8, 4) is 0 Å². The molecule has 0 radical (unpaired) electrons. The van der Waals surface area contributed by atoms with Gasteiger partial charge < -0.3 is 9.73 Å². The van der Waals surface area contributed by atoms with Gasteiger partial charge in [0.25, 0.3) is 5.56 Å². The number of carbonyl (C=O) groups is 1. The van der Waals surface area contributed by atoms with Crippen molar-refractivity contribution in [1.29, 1.82) is 0 Å². The number of hydrogen-bond donors (Lipinski definition) is 1. The molecule has 26 heavy (non-hydrogen) atoms. The van der Waals surface area contributed by atoms with E-state index in [4.69, 9.17) is 4.42 Å². The molecule has 0 aliphatic heterocycles. The quantitative estimate of drug-likeness (QED) is 0.565. The molecule has 0 bridgehead atoms. The van der Waals surface area contributed by atoms with Crippen LogP contribution in [-0.4, -0.2) is 26.1 Å². The average Bonchev–Trinajstić information content (AvgIpc) is 3.32. The number of nitrogens with one attached hydrogen (secondary N) is 1. The van der Waals surface area contributed by atoms with Crippen LogP contribution >= 0.6 is 11.3 Å². The monoisotopic (exact) mass is 370 g/mol. The fourth-order valence-corrected chi connectivity index (χ4v) is 3.84. The summed E-state index contributed by atoms with van der Waals surface area (Å²) in [4.78, 5) is 25.8. The Balaban J connectivity index is 1.43. The topological polar surface area (TPSA) is 81.5 Å². The largest absolute Gasteiger partial charge is 0.469 e. The van der Waals surface area contributed by atoms with Crippen molar-refractivity contribution < 1.29 is 9.21 Å². The number of aromatic nitrogens is 3. The Kier molecular flexibility index (Phi) is 4.34. The highest BCUT2D eigenvalue weighted by Crippen LogP contribution is 2.22. The van der Waals surface area contributed by atoms with Crippen LogP contribution in [0.15, 0.2) is 51.4 Å². The highest BCUT2D eigenvalue weighted by Gasteiger charge is 2.13. The van der Waals surface area contributed by atoms with Crippen LogP contribution in [0.25, 0.3) is 15.7 Å². The van der Waals surface area contributed by atoms with Crippen LogP contribution in [0.1, 0.15) is 19.1 Å². The first-order valence-corrected chi connectivity index (χ1v) is 9.26. The molecule has 7 nitrogen and oxygen atoms in total. The second kappa shape index (κ2) is 6.80. The standard InChI is InChI=1S/C18H18N4O3S/c1-12(4-5-14-3-2-7-25-14)20-16(23)10-22-17(24)15-9-13-6-8-26-18(13)21(15)11-19-22/h2-3,6-9,11-12H,4-5,10H2,1H3,(H,20,23)/t12-/m1/s1. The zero-order chi connectivity index (χ0) is 18.1. The molecule has 1 amide bonds. The lowest BCUT2D eigenvalue weighted by Gasteiger charge is -2.13. The first-order valence-electron chi connectivity index (χ1n) is 8.38. The Morgan fingerprint density at radius 3 is 3.12 bits per heavy atom. The lowest BCUT2D eigenvalue weighted by Crippen LogP contribution is -2.38. The van der Waals surface area contributed by atoms with Gasteiger partial charge in [-0.15, -0.1) is 11.3 Å². The minimum Gasteiger partial charge on any atom is -0.469 e. The van der Waals surface area contributed by atoms with Crippen molar-refractivity contribution in [3.63, 3.8) is 0 Å². The van der Waals surface area contributed by atoms with E-state index < -0.39 is 0 Å². The van der Waals surface area contributed by atoms with Gasteiger partial charge in [-0.1, -0.05) is 0 Å². The number of nitrogens with zero attached hydrogens (tertiary/aromatic N) is 3. The van der Waals surface area contributed by atoms with E-state index in [-0.39, 0.29) is 24.1 Å². The number of furan rings is 1. The molecule has 0 fully saturated rings. The van der Waals surface area contributed by atoms with E-state index in [1.165, 1.54) is 4.68 Å². The number of aryl methyl sites for hydroxylation is 1. The number of carbonyl (C=O) groups excluding carboxylic acids is 1. The van der Waals surface area contributed by atoms with Crippen LogP contribution in [0, 0.1) is 0 Å². The molecule has 1 atom stereocenters. The third-order valence-corrected chi connectivity index (χ3v) is 5.24. The third kappa shape index (κ3) is 3.15. The van der Waals surface area contributed by atoms with Crippen molar-refractivity contribution in [2.45, 2.75) is 32.4 Å². The Morgan fingerprint density at radius 1 is 1.42 bits per heavy atom. The summed E-state index contributed by atoms with van der Waals surface area (Å²) < 4.78 is 8.26. The molecule has 0 spiro atoms. The van der Waals surface area contributed by atoms with Gasteiger partial charge in [0.1, 0.15) is 29.0 Å². The maximum atomic E-state index is 12.6. The predicted octanol–water partition coefficient (Wildman–Crippen LogP) is 2.44. The summed E-state index contributed by atoms with van der Waals surface area (Å²) in [5.41, 5.74) is 0.259. The van der Waals surface area contributed by atoms with E-state index in [2.05, 4.69) is 10.4 Å². The van der Waals surface area contributed by atoms with E-state index in [1.54, 1.807) is 28.3 Å². The molecule has 0 aromatic carbocycles. The highest BCUT2D eigenvalue weighted by atomic mass is 32.1. The summed E-state index contributed by atoms with van der Waals surface area (Å²) in [6.45, 7) is 1.83. The molecular formula is C18H18N4O3S. The van der Waals surface area contributed by atoms with Crippen LogP contribution in [0.3, 0.4) is 0 Å². The maximum Gasteiger partial charge on any atom is 0.291 e. The van der Waals surface area contributed by atoms with Gasteiger partial charge in [-0.3, -0.25) is 14.0 Å². The van der Waals surface area contributed by atoms with Crippen LogP contribution in [0.5, 0.6) is 0 Å². The summed E-state index contributed by atoms with van der Waals surface area (Å²) in [7, 11) is 0. The van der Waals surface area contributed by atoms with Crippen LogP contribution in [0.4, 0.5) is 0 Å². The molecule has 0 aliphatic rings. The van der Waals surface area contributed by atoms with Gasteiger partial charge >= 0.3 is 0 Å². The fourth-order valence-electron chi connectivity index (χ4n) is 2.98. The molecule has 4 aromatic heterocycles. The Bertz CT molecular complexity index is 1110. The number of fused-ring (bicyclic) bond motifs is 3. The van der Waals surface area contributed by atoms with Gasteiger partial charge in [0.05, 0.1) is 6.26 Å². The van der Waals surface area contributed by atoms with Gasteiger partial charge in [-0.2, -0.15) is 5.10 Å². The van der Waals surface area contributed by atoms with E-state index in [1.807, 2.05) is 36.6 Å². The first-order chi connectivity index (χ1) is 12.6. The van der Waals surface area contributed by atoms with Crippen molar-refractivity contribution >= 4 is 33.0 Å². The molecule has 0 saturated heterocycles. The van der Waals surface area contributed by atoms with Crippen LogP contribution in [-0.2, 0) is 17.8 Å². The summed E-state index contributed by atoms with van der Waals surface area (Å²) in [6.07, 6.45) is 4.73. The molecule has 4 rings (SSSR count). The van der Waals surface area contributed by atoms with Gasteiger partial charge in [0.2, 0.25) is 5.91 Å². The van der Waals surface area contributed by atoms with E-state index >= 15 is 0 Å². The smallest absolute Gasteiger partial charge is 0.291 e. The first kappa shape index (κ1) is 16.6. The van der Waals surface area contributed by atoms with Gasteiger partial charge in [-0.05, 0) is 43.0 Å². The maximum absolute atomic E-state index is 12.6. The minimum absolute atomic E-state index is 0.0225. The molecule has 0 aliphatic carbocycles. The van der Waals surface area contributed by atoms with Crippen molar-refractivity contribution in [3.05, 3.63) is 58.4 Å². The number of amides is 1. The molecule has 4 aromatic rings. The lowest BCUT2D eigenvalue weighted by molar-refractivity contribution is -0.122. The van der Waals surface area contributed by atoms with Crippen molar-refractivity contribution in [2.24, 2.45) is 0 Å². The predicted molar refractivity (Wildman–Crippen MR) is 99.5 cm³/mol. The van der Waals surface area contributed by atoms with Crippen LogP contribution in [0.2, 0.25) is 0 Å². The van der Waals surface area contributed by atoms with Crippen LogP contribution < -0.4 is 10.9 Å². The molecular weight excluding hydrogens is 352 g/mol. The lowest BCUT2D eigenvalue weighted by atomic mass is 10.1. The zero-order valence-electron chi connectivity index (χ0n) is 14.2. The molecule has 0 unspecified atom stereocenters. The van der Waals surface area contributed by atoms with Gasteiger partial charge in [-0.25, -0.2) is 4.68 Å². The number of thiophene rings is 1. The van der Waals surface area contributed by atoms with E-state index in [0.29, 0.717) is 5.52 Å². The highest BCUT2D eigenvalue weighted by molar-refractivity contribution is 7.16. The summed E-state index contributed by atoms with van der Waals surface area (Å²) in [6, 6.07) is 7.53. The van der Waals surface area contributed by atoms with Gasteiger partial charge in [0.15, 0.2) is 0 Å². The average molecular weight is 370 g/mol. The summed E-state index contributed by atoms with van der Waals surface area (Å²) in [5, 5.41) is 10.0. The number of rotatable bonds is 6. The fraction of sp³-hybridized carbons (Fsp3) is 0.278. The summed E-state index contributed by atoms with van der Waals surface area (Å²) in [5.74, 6) is 0.659. The van der Waals surface area contributed by atoms with E-state index in [0.717, 1.165) is 28.8 Å². The molecule has 1 N–H and O–H groups in total. The third-order valence-electron chi connectivity index (χ3n) is 4.31. The molecule has 0 saturated carbocycles. The summed E-state index contributed by atoms with van der Waals surface area (Å²) >= 11 is 1.55. The second-order valence-corrected chi connectivity index (χ2v) is 7.16. The zero-order valence-corrected chi connectivity index (χ0v) is 15.0. The van der Waals surface area contributed by atoms with Gasteiger partial charge in [0, 0.05) is 17.8 Å². The van der Waals surface area contributed by atoms with Crippen molar-refractivity contribution in [1.82, 2.24) is 19.5 Å². The molecule has 8 heteroatoms. The second-order valence-electron chi connectivity index (χ2n) is 6.26. The normalized spacial score (nSPS) is 12.7. The minimum atomic E-state index is -0.269. The Morgan fingerprint density at radius 2 is 2.31 bits per heavy atom. The Labute approximate surface area is 152 Å².